The molecule has 0 aliphatic heterocycles. The molecule has 0 radical (unpaired) electrons. The predicted octanol–water partition coefficient (Wildman–Crippen LogP) is 2.13. The molecule has 0 aliphatic rings. The zero-order chi connectivity index (χ0) is 22.1. The van der Waals surface area contributed by atoms with Crippen LogP contribution in [0.4, 0.5) is 5.69 Å². The number of nitrogens with two attached hydrogens (primary N) is 1. The SMILES string of the molecule is CN(C)S(=O)(=O)c1ccc(Cl)c(C(=O)Nc2ccc(-n3ccc(C(N)=O)n3)cc2)c1. The van der Waals surface area contributed by atoms with E-state index in [4.69, 9.17) is 17.3 Å². The Morgan fingerprint density at radius 2 is 1.77 bits per heavy atom. The first-order valence-electron chi connectivity index (χ1n) is 8.59. The van der Waals surface area contributed by atoms with Crippen LogP contribution in [0.2, 0.25) is 5.02 Å². The lowest BCUT2D eigenvalue weighted by atomic mass is 10.2. The van der Waals surface area contributed by atoms with Crippen molar-refractivity contribution in [1.29, 1.82) is 0 Å². The van der Waals surface area contributed by atoms with Crippen molar-refractivity contribution in [3.05, 3.63) is 71.0 Å². The molecule has 3 N–H and O–H groups in total. The highest BCUT2D eigenvalue weighted by atomic mass is 35.5. The molecule has 0 bridgehead atoms. The van der Waals surface area contributed by atoms with E-state index >= 15 is 0 Å². The highest BCUT2D eigenvalue weighted by Crippen LogP contribution is 2.23. The average Bonchev–Trinajstić information content (AvgIpc) is 3.19. The van der Waals surface area contributed by atoms with Crippen molar-refractivity contribution in [2.75, 3.05) is 19.4 Å². The van der Waals surface area contributed by atoms with Gasteiger partial charge in [0.15, 0.2) is 0 Å². The monoisotopic (exact) mass is 447 g/mol. The van der Waals surface area contributed by atoms with Gasteiger partial charge in [-0.2, -0.15) is 5.10 Å². The lowest BCUT2D eigenvalue weighted by Gasteiger charge is -2.13. The number of hydrogen-bond donors (Lipinski definition) is 2. The third kappa shape index (κ3) is 4.35. The van der Waals surface area contributed by atoms with Crippen LogP contribution < -0.4 is 11.1 Å². The number of rotatable bonds is 6. The molecule has 1 heterocycles. The fraction of sp³-hybridized carbons (Fsp3) is 0.105. The standard InChI is InChI=1S/C19H18ClN5O4S/c1-24(2)30(28,29)14-7-8-16(20)15(11-14)19(27)22-12-3-5-13(6-4-12)25-10-9-17(23-25)18(21)26/h3-11H,1-2H3,(H2,21,26)(H,22,27). The summed E-state index contributed by atoms with van der Waals surface area (Å²) < 4.78 is 27.1. The summed E-state index contributed by atoms with van der Waals surface area (Å²) in [6.45, 7) is 0. The number of primary amides is 1. The van der Waals surface area contributed by atoms with Gasteiger partial charge in [0.1, 0.15) is 5.69 Å². The quantitative estimate of drug-likeness (QED) is 0.598. The summed E-state index contributed by atoms with van der Waals surface area (Å²) in [6.07, 6.45) is 1.59. The molecule has 0 saturated carbocycles. The molecule has 2 amide bonds. The smallest absolute Gasteiger partial charge is 0.269 e. The summed E-state index contributed by atoms with van der Waals surface area (Å²) in [7, 11) is -0.911. The molecule has 2 aromatic carbocycles. The van der Waals surface area contributed by atoms with E-state index in [9.17, 15) is 18.0 Å². The molecule has 0 spiro atoms. The maximum Gasteiger partial charge on any atom is 0.269 e. The normalized spacial score (nSPS) is 11.5. The molecule has 0 atom stereocenters. The summed E-state index contributed by atoms with van der Waals surface area (Å²) in [5.74, 6) is -1.19. The lowest BCUT2D eigenvalue weighted by molar-refractivity contribution is 0.0993. The van der Waals surface area contributed by atoms with E-state index in [0.29, 0.717) is 11.4 Å². The highest BCUT2D eigenvalue weighted by Gasteiger charge is 2.21. The van der Waals surface area contributed by atoms with Crippen LogP contribution in [-0.4, -0.2) is 48.4 Å². The van der Waals surface area contributed by atoms with Gasteiger partial charge in [0.05, 0.1) is 21.2 Å². The zero-order valence-corrected chi connectivity index (χ0v) is 17.6. The van der Waals surface area contributed by atoms with Crippen LogP contribution in [-0.2, 0) is 10.0 Å². The molecule has 0 unspecified atom stereocenters. The van der Waals surface area contributed by atoms with E-state index in [2.05, 4.69) is 10.4 Å². The van der Waals surface area contributed by atoms with Crippen LogP contribution in [0.5, 0.6) is 0 Å². The minimum Gasteiger partial charge on any atom is -0.364 e. The molecule has 0 aliphatic carbocycles. The molecule has 0 saturated heterocycles. The minimum atomic E-state index is -3.71. The van der Waals surface area contributed by atoms with Crippen LogP contribution in [0, 0.1) is 0 Å². The summed E-state index contributed by atoms with van der Waals surface area (Å²) >= 11 is 6.10. The average molecular weight is 448 g/mol. The van der Waals surface area contributed by atoms with Gasteiger partial charge in [-0.05, 0) is 48.5 Å². The summed E-state index contributed by atoms with van der Waals surface area (Å²) in [4.78, 5) is 23.8. The van der Waals surface area contributed by atoms with E-state index in [-0.39, 0.29) is 21.2 Å². The number of hydrogen-bond acceptors (Lipinski definition) is 5. The van der Waals surface area contributed by atoms with Crippen LogP contribution in [0.25, 0.3) is 5.69 Å². The second kappa shape index (κ2) is 8.27. The van der Waals surface area contributed by atoms with E-state index in [1.54, 1.807) is 30.5 Å². The van der Waals surface area contributed by atoms with Gasteiger partial charge in [0.25, 0.3) is 11.8 Å². The van der Waals surface area contributed by atoms with Crippen LogP contribution in [0.3, 0.4) is 0 Å². The molecule has 0 fully saturated rings. The number of nitrogens with one attached hydrogen (secondary N) is 1. The number of benzene rings is 2. The Labute approximate surface area is 178 Å². The summed E-state index contributed by atoms with van der Waals surface area (Å²) in [5.41, 5.74) is 6.47. The van der Waals surface area contributed by atoms with E-state index < -0.39 is 21.8 Å². The fourth-order valence-electron chi connectivity index (χ4n) is 2.54. The topological polar surface area (TPSA) is 127 Å². The molecule has 3 aromatic rings. The number of carbonyl (C=O) groups is 2. The molecule has 3 rings (SSSR count). The van der Waals surface area contributed by atoms with Gasteiger partial charge < -0.3 is 11.1 Å². The van der Waals surface area contributed by atoms with Crippen molar-refractivity contribution in [2.45, 2.75) is 4.90 Å². The van der Waals surface area contributed by atoms with Crippen molar-refractivity contribution >= 4 is 39.1 Å². The Bertz CT molecular complexity index is 1220. The highest BCUT2D eigenvalue weighted by molar-refractivity contribution is 7.89. The predicted molar refractivity (Wildman–Crippen MR) is 112 cm³/mol. The fourth-order valence-corrected chi connectivity index (χ4v) is 3.68. The van der Waals surface area contributed by atoms with Gasteiger partial charge in [0.2, 0.25) is 10.0 Å². The number of aromatic nitrogens is 2. The summed E-state index contributed by atoms with van der Waals surface area (Å²) in [5, 5.41) is 6.85. The number of anilines is 1. The second-order valence-corrected chi connectivity index (χ2v) is 9.00. The van der Waals surface area contributed by atoms with Crippen molar-refractivity contribution < 1.29 is 18.0 Å². The molecule has 9 nitrogen and oxygen atoms in total. The second-order valence-electron chi connectivity index (χ2n) is 6.44. The van der Waals surface area contributed by atoms with Gasteiger partial charge in [-0.25, -0.2) is 17.4 Å². The number of amides is 2. The van der Waals surface area contributed by atoms with Gasteiger partial charge >= 0.3 is 0 Å². The first-order chi connectivity index (χ1) is 14.1. The van der Waals surface area contributed by atoms with Crippen molar-refractivity contribution in [2.24, 2.45) is 5.73 Å². The maximum absolute atomic E-state index is 12.6. The van der Waals surface area contributed by atoms with Crippen molar-refractivity contribution in [1.82, 2.24) is 14.1 Å². The van der Waals surface area contributed by atoms with Gasteiger partial charge in [0, 0.05) is 26.0 Å². The Kier molecular flexibility index (Phi) is 5.92. The zero-order valence-electron chi connectivity index (χ0n) is 16.0. The van der Waals surface area contributed by atoms with Gasteiger partial charge in [-0.15, -0.1) is 0 Å². The Hall–Kier alpha value is -3.21. The lowest BCUT2D eigenvalue weighted by Crippen LogP contribution is -2.23. The van der Waals surface area contributed by atoms with Gasteiger partial charge in [-0.1, -0.05) is 11.6 Å². The first-order valence-corrected chi connectivity index (χ1v) is 10.4. The van der Waals surface area contributed by atoms with Crippen LogP contribution in [0.1, 0.15) is 20.8 Å². The molecular weight excluding hydrogens is 430 g/mol. The Morgan fingerprint density at radius 1 is 1.10 bits per heavy atom. The molecular formula is C19H18ClN5O4S. The molecule has 156 valence electrons. The van der Waals surface area contributed by atoms with E-state index in [1.165, 1.54) is 43.0 Å². The molecule has 11 heteroatoms. The van der Waals surface area contributed by atoms with Crippen molar-refractivity contribution in [3.63, 3.8) is 0 Å². The number of carbonyl (C=O) groups excluding carboxylic acids is 2. The Balaban J connectivity index is 1.81. The van der Waals surface area contributed by atoms with Crippen LogP contribution >= 0.6 is 11.6 Å². The molecule has 30 heavy (non-hydrogen) atoms. The number of nitrogens with zero attached hydrogens (tertiary/aromatic N) is 3. The van der Waals surface area contributed by atoms with E-state index in [1.807, 2.05) is 0 Å². The minimum absolute atomic E-state index is 0.0295. The van der Waals surface area contributed by atoms with E-state index in [0.717, 1.165) is 4.31 Å². The number of halogens is 1. The van der Waals surface area contributed by atoms with Crippen LogP contribution in [0.15, 0.2) is 59.6 Å². The third-order valence-electron chi connectivity index (χ3n) is 4.19. The van der Waals surface area contributed by atoms with Crippen molar-refractivity contribution in [3.8, 4) is 5.69 Å². The summed E-state index contributed by atoms with van der Waals surface area (Å²) in [6, 6.07) is 12.1. The largest absolute Gasteiger partial charge is 0.364 e. The molecule has 1 aromatic heterocycles. The number of sulfonamides is 1. The maximum atomic E-state index is 12.6. The third-order valence-corrected chi connectivity index (χ3v) is 6.33. The Morgan fingerprint density at radius 3 is 2.33 bits per heavy atom. The first kappa shape index (κ1) is 21.5. The van der Waals surface area contributed by atoms with Gasteiger partial charge in [-0.3, -0.25) is 9.59 Å².